The van der Waals surface area contributed by atoms with E-state index >= 15 is 0 Å². The lowest BCUT2D eigenvalue weighted by Gasteiger charge is -2.26. The minimum Gasteiger partial charge on any atom is -0.509 e. The van der Waals surface area contributed by atoms with Crippen LogP contribution in [0.1, 0.15) is 25.8 Å². The first-order chi connectivity index (χ1) is 9.93. The fraction of sp³-hybridized carbons (Fsp3) is 0.375. The van der Waals surface area contributed by atoms with E-state index in [2.05, 4.69) is 0 Å². The molecule has 0 saturated carbocycles. The van der Waals surface area contributed by atoms with Gasteiger partial charge < -0.3 is 10.0 Å². The molecule has 5 heteroatoms. The number of nitrogens with zero attached hydrogens (tertiary/aromatic N) is 2. The van der Waals surface area contributed by atoms with E-state index in [4.69, 9.17) is 5.26 Å². The molecule has 1 heterocycles. The number of halogens is 1. The average molecular weight is 288 g/mol. The van der Waals surface area contributed by atoms with Crippen LogP contribution >= 0.6 is 0 Å². The van der Waals surface area contributed by atoms with E-state index in [0.29, 0.717) is 6.42 Å². The van der Waals surface area contributed by atoms with Crippen molar-refractivity contribution in [2.45, 2.75) is 32.9 Å². The van der Waals surface area contributed by atoms with E-state index in [-0.39, 0.29) is 29.6 Å². The number of aliphatic hydroxyl groups excluding tert-OH is 1. The van der Waals surface area contributed by atoms with Gasteiger partial charge in [-0.2, -0.15) is 5.26 Å². The summed E-state index contributed by atoms with van der Waals surface area (Å²) in [6, 6.07) is 7.12. The Balaban J connectivity index is 2.26. The summed E-state index contributed by atoms with van der Waals surface area (Å²) in [6.45, 7) is 4.21. The van der Waals surface area contributed by atoms with Crippen LogP contribution in [-0.4, -0.2) is 22.0 Å². The highest BCUT2D eigenvalue weighted by molar-refractivity contribution is 6.00. The maximum Gasteiger partial charge on any atom is 0.268 e. The zero-order chi connectivity index (χ0) is 15.6. The summed E-state index contributed by atoms with van der Waals surface area (Å²) in [4.78, 5) is 13.7. The fourth-order valence-corrected chi connectivity index (χ4v) is 2.47. The molecule has 0 spiro atoms. The molecule has 0 unspecified atom stereocenters. The van der Waals surface area contributed by atoms with E-state index in [1.54, 1.807) is 18.2 Å². The molecule has 0 fully saturated rings. The van der Waals surface area contributed by atoms with Crippen LogP contribution in [-0.2, 0) is 11.3 Å². The van der Waals surface area contributed by atoms with Crippen LogP contribution in [0.2, 0.25) is 0 Å². The third kappa shape index (κ3) is 3.05. The second-order valence-electron chi connectivity index (χ2n) is 5.58. The van der Waals surface area contributed by atoms with Gasteiger partial charge in [0.2, 0.25) is 0 Å². The molecular weight excluding hydrogens is 271 g/mol. The Bertz CT molecular complexity index is 614. The van der Waals surface area contributed by atoms with E-state index in [1.165, 1.54) is 17.0 Å². The van der Waals surface area contributed by atoms with Crippen LogP contribution in [0.15, 0.2) is 35.6 Å². The normalized spacial score (nSPS) is 18.5. The molecule has 1 aromatic carbocycles. The van der Waals surface area contributed by atoms with Crippen LogP contribution in [0.4, 0.5) is 4.39 Å². The Morgan fingerprint density at radius 1 is 1.38 bits per heavy atom. The number of benzene rings is 1. The standard InChI is InChI=1S/C16H17FN2O2/c1-10(2)7-14-15(20)13(8-18)16(21)19(14)9-11-3-5-12(17)6-4-11/h3-6,10,14,20H,7,9H2,1-2H3/t14-/m1/s1. The zero-order valence-corrected chi connectivity index (χ0v) is 12.0. The SMILES string of the molecule is CC(C)C[C@@H]1C(O)=C(C#N)C(=O)N1Cc1ccc(F)cc1. The van der Waals surface area contributed by atoms with Gasteiger partial charge in [0.1, 0.15) is 17.6 Å². The Morgan fingerprint density at radius 2 is 2.00 bits per heavy atom. The van der Waals surface area contributed by atoms with E-state index in [9.17, 15) is 14.3 Å². The first kappa shape index (κ1) is 15.0. The van der Waals surface area contributed by atoms with Gasteiger partial charge in [0.05, 0.1) is 6.04 Å². The third-order valence-corrected chi connectivity index (χ3v) is 3.50. The number of hydrogen-bond donors (Lipinski definition) is 1. The highest BCUT2D eigenvalue weighted by Gasteiger charge is 2.39. The van der Waals surface area contributed by atoms with Crippen molar-refractivity contribution < 1.29 is 14.3 Å². The van der Waals surface area contributed by atoms with Gasteiger partial charge in [0, 0.05) is 6.54 Å². The quantitative estimate of drug-likeness (QED) is 0.926. The molecule has 1 amide bonds. The van der Waals surface area contributed by atoms with Crippen molar-refractivity contribution >= 4 is 5.91 Å². The summed E-state index contributed by atoms with van der Waals surface area (Å²) < 4.78 is 12.9. The molecule has 0 aliphatic carbocycles. The summed E-state index contributed by atoms with van der Waals surface area (Å²) in [7, 11) is 0. The highest BCUT2D eigenvalue weighted by Crippen LogP contribution is 2.30. The van der Waals surface area contributed by atoms with Crippen LogP contribution in [0, 0.1) is 23.1 Å². The van der Waals surface area contributed by atoms with Crippen molar-refractivity contribution in [3.8, 4) is 6.07 Å². The maximum absolute atomic E-state index is 12.9. The number of carbonyl (C=O) groups excluding carboxylic acids is 1. The summed E-state index contributed by atoms with van der Waals surface area (Å²) in [5.41, 5.74) is 0.563. The highest BCUT2D eigenvalue weighted by atomic mass is 19.1. The molecule has 0 aromatic heterocycles. The van der Waals surface area contributed by atoms with Gasteiger partial charge in [-0.15, -0.1) is 0 Å². The van der Waals surface area contributed by atoms with Crippen molar-refractivity contribution in [1.82, 2.24) is 4.90 Å². The summed E-state index contributed by atoms with van der Waals surface area (Å²) in [5.74, 6) is -0.703. The lowest BCUT2D eigenvalue weighted by Crippen LogP contribution is -2.36. The minimum absolute atomic E-state index is 0.154. The molecule has 110 valence electrons. The van der Waals surface area contributed by atoms with Crippen molar-refractivity contribution in [1.29, 1.82) is 5.26 Å². The van der Waals surface area contributed by atoms with Crippen molar-refractivity contribution in [2.75, 3.05) is 0 Å². The third-order valence-electron chi connectivity index (χ3n) is 3.50. The topological polar surface area (TPSA) is 64.3 Å². The number of amides is 1. The predicted molar refractivity (Wildman–Crippen MR) is 75.5 cm³/mol. The lowest BCUT2D eigenvalue weighted by molar-refractivity contribution is -0.127. The Morgan fingerprint density at radius 3 is 2.52 bits per heavy atom. The molecule has 1 aliphatic rings. The van der Waals surface area contributed by atoms with Gasteiger partial charge in [0.15, 0.2) is 5.57 Å². The van der Waals surface area contributed by atoms with Gasteiger partial charge in [-0.3, -0.25) is 4.79 Å². The van der Waals surface area contributed by atoms with Crippen LogP contribution in [0.25, 0.3) is 0 Å². The predicted octanol–water partition coefficient (Wildman–Crippen LogP) is 2.92. The first-order valence-corrected chi connectivity index (χ1v) is 6.82. The summed E-state index contributed by atoms with van der Waals surface area (Å²) in [5, 5.41) is 19.1. The smallest absolute Gasteiger partial charge is 0.268 e. The van der Waals surface area contributed by atoms with E-state index in [1.807, 2.05) is 13.8 Å². The number of rotatable bonds is 4. The molecule has 1 aliphatic heterocycles. The maximum atomic E-state index is 12.9. The van der Waals surface area contributed by atoms with E-state index in [0.717, 1.165) is 5.56 Å². The van der Waals surface area contributed by atoms with Gasteiger partial charge in [0.25, 0.3) is 5.91 Å². The Kier molecular flexibility index (Phi) is 4.27. The first-order valence-electron chi connectivity index (χ1n) is 6.82. The van der Waals surface area contributed by atoms with Crippen LogP contribution < -0.4 is 0 Å². The molecule has 1 N–H and O–H groups in total. The fourth-order valence-electron chi connectivity index (χ4n) is 2.47. The second kappa shape index (κ2) is 5.96. The average Bonchev–Trinajstić information content (AvgIpc) is 2.64. The molecule has 0 saturated heterocycles. The monoisotopic (exact) mass is 288 g/mol. The molecule has 21 heavy (non-hydrogen) atoms. The summed E-state index contributed by atoms with van der Waals surface area (Å²) in [6.07, 6.45) is 0.573. The number of carbonyl (C=O) groups is 1. The van der Waals surface area contributed by atoms with E-state index < -0.39 is 11.9 Å². The Hall–Kier alpha value is -2.35. The molecular formula is C16H17FN2O2. The lowest BCUT2D eigenvalue weighted by atomic mass is 10.0. The van der Waals surface area contributed by atoms with Gasteiger partial charge in [-0.1, -0.05) is 26.0 Å². The van der Waals surface area contributed by atoms with Gasteiger partial charge in [-0.05, 0) is 30.0 Å². The molecule has 1 aromatic rings. The largest absolute Gasteiger partial charge is 0.509 e. The Labute approximate surface area is 123 Å². The number of aliphatic hydroxyl groups is 1. The minimum atomic E-state index is -0.489. The number of nitriles is 1. The zero-order valence-electron chi connectivity index (χ0n) is 12.0. The van der Waals surface area contributed by atoms with Gasteiger partial charge in [-0.25, -0.2) is 4.39 Å². The van der Waals surface area contributed by atoms with Crippen LogP contribution in [0.5, 0.6) is 0 Å². The van der Waals surface area contributed by atoms with Crippen molar-refractivity contribution in [2.24, 2.45) is 5.92 Å². The molecule has 0 radical (unpaired) electrons. The molecule has 4 nitrogen and oxygen atoms in total. The van der Waals surface area contributed by atoms with Gasteiger partial charge >= 0.3 is 0 Å². The number of hydrogen-bond acceptors (Lipinski definition) is 3. The molecule has 0 bridgehead atoms. The van der Waals surface area contributed by atoms with Crippen molar-refractivity contribution in [3.05, 3.63) is 47.0 Å². The van der Waals surface area contributed by atoms with Crippen LogP contribution in [0.3, 0.4) is 0 Å². The van der Waals surface area contributed by atoms with Crippen molar-refractivity contribution in [3.63, 3.8) is 0 Å². The second-order valence-corrected chi connectivity index (χ2v) is 5.58. The molecule has 2 rings (SSSR count). The molecule has 1 atom stereocenters. The summed E-state index contributed by atoms with van der Waals surface area (Å²) >= 11 is 0.